The van der Waals surface area contributed by atoms with Crippen molar-refractivity contribution in [2.45, 2.75) is 50.9 Å². The minimum atomic E-state index is 0.341. The Labute approximate surface area is 257 Å². The van der Waals surface area contributed by atoms with Crippen molar-refractivity contribution in [3.63, 3.8) is 0 Å². The molecule has 2 unspecified atom stereocenters. The van der Waals surface area contributed by atoms with Gasteiger partial charge in [-0.1, -0.05) is 66.2 Å². The van der Waals surface area contributed by atoms with Gasteiger partial charge in [-0.2, -0.15) is 0 Å². The van der Waals surface area contributed by atoms with Crippen LogP contribution in [0.15, 0.2) is 94.9 Å². The number of aliphatic imine (C=N–C) groups is 2. The minimum absolute atomic E-state index is 0.341. The molecule has 218 valence electrons. The Morgan fingerprint density at radius 3 is 1.93 bits per heavy atom. The topological polar surface area (TPSA) is 82.1 Å². The predicted octanol–water partition coefficient (Wildman–Crippen LogP) is 7.15. The third-order valence-corrected chi connectivity index (χ3v) is 8.83. The number of benzene rings is 4. The highest BCUT2D eigenvalue weighted by molar-refractivity contribution is 6.31. The molecule has 2 heterocycles. The molecule has 7 nitrogen and oxygen atoms in total. The summed E-state index contributed by atoms with van der Waals surface area (Å²) >= 11 is 6.06. The van der Waals surface area contributed by atoms with Crippen LogP contribution in [0.25, 0.3) is 0 Å². The van der Waals surface area contributed by atoms with Crippen LogP contribution in [0.3, 0.4) is 0 Å². The van der Waals surface area contributed by atoms with E-state index in [1.54, 1.807) is 7.11 Å². The number of methoxy groups -OCH3 is 1. The standard InChI is InChI=1S/C18H19N3O.C17H16ClN3/c1-22-14-7-9-16-13(10-14)11-19-18(20-16)21-17-8-6-12-4-2-3-5-15(12)17;18-13-7-5-12-10-19-17(21-16(12)9-13)20-15-8-6-11-3-1-2-4-14(11)15/h2-5,7,9-10,17H,6,8,11H2,1H3,(H2,19,20,21);1-5,7,9,15H,6,8,10H2,(H2,19,20,21). The van der Waals surface area contributed by atoms with Crippen LogP contribution >= 0.6 is 11.6 Å². The van der Waals surface area contributed by atoms with Crippen molar-refractivity contribution in [1.29, 1.82) is 0 Å². The number of fused-ring (bicyclic) bond motifs is 4. The second kappa shape index (κ2) is 12.0. The second-order valence-corrected chi connectivity index (χ2v) is 11.7. The van der Waals surface area contributed by atoms with Crippen molar-refractivity contribution >= 4 is 34.9 Å². The van der Waals surface area contributed by atoms with Crippen LogP contribution < -0.4 is 26.0 Å². The first-order valence-corrected chi connectivity index (χ1v) is 15.3. The largest absolute Gasteiger partial charge is 0.497 e. The zero-order chi connectivity index (χ0) is 29.2. The molecule has 0 fully saturated rings. The summed E-state index contributed by atoms with van der Waals surface area (Å²) < 4.78 is 5.26. The Kier molecular flexibility index (Phi) is 7.64. The molecule has 2 aliphatic heterocycles. The molecule has 4 aromatic carbocycles. The molecule has 4 aromatic rings. The first-order chi connectivity index (χ1) is 21.1. The Morgan fingerprint density at radius 2 is 1.28 bits per heavy atom. The zero-order valence-corrected chi connectivity index (χ0v) is 24.9. The summed E-state index contributed by atoms with van der Waals surface area (Å²) in [4.78, 5) is 9.21. The van der Waals surface area contributed by atoms with Gasteiger partial charge in [0.15, 0.2) is 11.9 Å². The van der Waals surface area contributed by atoms with Crippen LogP contribution in [0.2, 0.25) is 5.02 Å². The van der Waals surface area contributed by atoms with Gasteiger partial charge in [0.05, 0.1) is 32.3 Å². The van der Waals surface area contributed by atoms with Gasteiger partial charge in [0.2, 0.25) is 0 Å². The monoisotopic (exact) mass is 590 g/mol. The number of anilines is 2. The van der Waals surface area contributed by atoms with E-state index >= 15 is 0 Å². The Morgan fingerprint density at radius 1 is 0.674 bits per heavy atom. The highest BCUT2D eigenvalue weighted by Crippen LogP contribution is 2.33. The molecule has 2 atom stereocenters. The van der Waals surface area contributed by atoms with Gasteiger partial charge in [-0.15, -0.1) is 0 Å². The summed E-state index contributed by atoms with van der Waals surface area (Å²) in [5.41, 5.74) is 10.2. The number of rotatable bonds is 3. The van der Waals surface area contributed by atoms with Crippen molar-refractivity contribution in [3.05, 3.63) is 123 Å². The fourth-order valence-electron chi connectivity index (χ4n) is 6.32. The number of hydrogen-bond acceptors (Lipinski definition) is 7. The average molecular weight is 591 g/mol. The van der Waals surface area contributed by atoms with Gasteiger partial charge in [0.25, 0.3) is 0 Å². The number of aryl methyl sites for hydroxylation is 2. The van der Waals surface area contributed by atoms with E-state index in [9.17, 15) is 0 Å². The van der Waals surface area contributed by atoms with Gasteiger partial charge in [0.1, 0.15) is 5.75 Å². The smallest absolute Gasteiger partial charge is 0.196 e. The van der Waals surface area contributed by atoms with Crippen LogP contribution in [0.4, 0.5) is 11.4 Å². The lowest BCUT2D eigenvalue weighted by Gasteiger charge is -2.23. The molecular weight excluding hydrogens is 556 g/mol. The molecule has 8 heteroatoms. The van der Waals surface area contributed by atoms with Crippen LogP contribution in [-0.2, 0) is 25.9 Å². The fraction of sp³-hybridized carbons (Fsp3) is 0.257. The summed E-state index contributed by atoms with van der Waals surface area (Å²) in [7, 11) is 1.69. The summed E-state index contributed by atoms with van der Waals surface area (Å²) in [6.45, 7) is 1.37. The molecule has 0 aromatic heterocycles. The molecule has 4 N–H and O–H groups in total. The van der Waals surface area contributed by atoms with Crippen molar-refractivity contribution in [2.75, 3.05) is 17.7 Å². The van der Waals surface area contributed by atoms with E-state index in [4.69, 9.17) is 16.3 Å². The summed E-state index contributed by atoms with van der Waals surface area (Å²) in [6, 6.07) is 29.9. The fourth-order valence-corrected chi connectivity index (χ4v) is 6.50. The summed E-state index contributed by atoms with van der Waals surface area (Å²) in [5, 5.41) is 14.6. The molecule has 43 heavy (non-hydrogen) atoms. The summed E-state index contributed by atoms with van der Waals surface area (Å²) in [5.74, 6) is 2.57. The van der Waals surface area contributed by atoms with Crippen LogP contribution in [0, 0.1) is 0 Å². The highest BCUT2D eigenvalue weighted by atomic mass is 35.5. The van der Waals surface area contributed by atoms with Crippen molar-refractivity contribution < 1.29 is 4.74 Å². The highest BCUT2D eigenvalue weighted by Gasteiger charge is 2.25. The molecule has 0 saturated heterocycles. The molecule has 0 saturated carbocycles. The van der Waals surface area contributed by atoms with Gasteiger partial charge in [-0.25, -0.2) is 9.98 Å². The molecular formula is C35H35ClN6O. The maximum Gasteiger partial charge on any atom is 0.196 e. The minimum Gasteiger partial charge on any atom is -0.497 e. The SMILES string of the molecule is COc1ccc2c(c1)CN=C(NC1CCc3ccccc31)N2.Clc1ccc2c(c1)NC(NC1CCc3ccccc31)=NC2. The lowest BCUT2D eigenvalue weighted by Crippen LogP contribution is -2.35. The quantitative estimate of drug-likeness (QED) is 0.204. The molecule has 0 bridgehead atoms. The van der Waals surface area contributed by atoms with E-state index in [1.165, 1.54) is 27.8 Å². The Bertz CT molecular complexity index is 1720. The van der Waals surface area contributed by atoms with E-state index in [1.807, 2.05) is 36.4 Å². The molecule has 8 rings (SSSR count). The molecule has 0 radical (unpaired) electrons. The van der Waals surface area contributed by atoms with Crippen molar-refractivity contribution in [2.24, 2.45) is 9.98 Å². The number of hydrogen-bond donors (Lipinski definition) is 4. The molecule has 2 aliphatic carbocycles. The number of ether oxygens (including phenoxy) is 1. The summed E-state index contributed by atoms with van der Waals surface area (Å²) in [6.07, 6.45) is 4.50. The normalized spacial score (nSPS) is 19.0. The van der Waals surface area contributed by atoms with E-state index in [-0.39, 0.29) is 0 Å². The number of nitrogens with one attached hydrogen (secondary N) is 4. The first-order valence-electron chi connectivity index (χ1n) is 14.9. The maximum atomic E-state index is 6.06. The molecule has 0 spiro atoms. The first kappa shape index (κ1) is 27.3. The lowest BCUT2D eigenvalue weighted by molar-refractivity contribution is 0.414. The third-order valence-electron chi connectivity index (χ3n) is 8.59. The number of nitrogens with zero attached hydrogens (tertiary/aromatic N) is 2. The van der Waals surface area contributed by atoms with Crippen molar-refractivity contribution in [1.82, 2.24) is 10.6 Å². The van der Waals surface area contributed by atoms with Gasteiger partial charge in [0, 0.05) is 22.0 Å². The van der Waals surface area contributed by atoms with Crippen LogP contribution in [-0.4, -0.2) is 19.0 Å². The van der Waals surface area contributed by atoms with Gasteiger partial charge in [-0.3, -0.25) is 0 Å². The molecule has 0 amide bonds. The van der Waals surface area contributed by atoms with Gasteiger partial charge in [-0.05, 0) is 83.8 Å². The molecule has 4 aliphatic rings. The zero-order valence-electron chi connectivity index (χ0n) is 24.2. The van der Waals surface area contributed by atoms with Gasteiger partial charge < -0.3 is 26.0 Å². The van der Waals surface area contributed by atoms with E-state index in [0.717, 1.165) is 65.3 Å². The van der Waals surface area contributed by atoms with E-state index < -0.39 is 0 Å². The average Bonchev–Trinajstić information content (AvgIpc) is 3.65. The second-order valence-electron chi connectivity index (χ2n) is 11.3. The number of halogens is 1. The predicted molar refractivity (Wildman–Crippen MR) is 175 cm³/mol. The third kappa shape index (κ3) is 5.90. The van der Waals surface area contributed by atoms with Gasteiger partial charge >= 0.3 is 0 Å². The Hall–Kier alpha value is -4.49. The lowest BCUT2D eigenvalue weighted by atomic mass is 10.1. The van der Waals surface area contributed by atoms with Crippen LogP contribution in [0.5, 0.6) is 5.75 Å². The maximum absolute atomic E-state index is 6.06. The van der Waals surface area contributed by atoms with E-state index in [0.29, 0.717) is 25.2 Å². The van der Waals surface area contributed by atoms with E-state index in [2.05, 4.69) is 79.8 Å². The Balaban J connectivity index is 0.000000140. The number of guanidine groups is 2. The van der Waals surface area contributed by atoms with Crippen LogP contribution in [0.1, 0.15) is 58.3 Å². The van der Waals surface area contributed by atoms with Crippen molar-refractivity contribution in [3.8, 4) is 5.75 Å².